The van der Waals surface area contributed by atoms with Crippen LogP contribution in [0.5, 0.6) is 5.75 Å². The van der Waals surface area contributed by atoms with Crippen molar-refractivity contribution in [3.63, 3.8) is 0 Å². The molecule has 2 aliphatic rings. The number of alkyl halides is 7. The van der Waals surface area contributed by atoms with Gasteiger partial charge >= 0.3 is 24.0 Å². The number of fused-ring (bicyclic) bond motifs is 3. The Hall–Kier alpha value is -4.21. The molecule has 0 bridgehead atoms. The quantitative estimate of drug-likeness (QED) is 0.254. The predicted octanol–water partition coefficient (Wildman–Crippen LogP) is 6.05. The number of aromatic hydroxyl groups is 1. The van der Waals surface area contributed by atoms with Gasteiger partial charge in [0.1, 0.15) is 21.9 Å². The van der Waals surface area contributed by atoms with E-state index in [1.807, 2.05) is 0 Å². The molecule has 7 nitrogen and oxygen atoms in total. The molecule has 5 rings (SSSR count). The Bertz CT molecular complexity index is 1790. The third-order valence-corrected chi connectivity index (χ3v) is 11.0. The first-order valence-electron chi connectivity index (χ1n) is 13.1. The lowest BCUT2D eigenvalue weighted by Crippen LogP contribution is -2.53. The van der Waals surface area contributed by atoms with Crippen molar-refractivity contribution in [3.05, 3.63) is 94.3 Å². The van der Waals surface area contributed by atoms with E-state index in [4.69, 9.17) is 0 Å². The van der Waals surface area contributed by atoms with Crippen LogP contribution in [0.4, 0.5) is 35.1 Å². The normalized spacial score (nSPS) is 20.4. The molecule has 240 valence electrons. The number of carbonyl (C=O) groups is 2. The van der Waals surface area contributed by atoms with Crippen LogP contribution in [0.1, 0.15) is 50.2 Å². The molecule has 1 heterocycles. The number of aryl methyl sites for hydroxylation is 1. The van der Waals surface area contributed by atoms with Gasteiger partial charge in [0, 0.05) is 17.7 Å². The molecule has 1 aliphatic carbocycles. The van der Waals surface area contributed by atoms with E-state index >= 15 is 0 Å². The highest BCUT2D eigenvalue weighted by Gasteiger charge is 2.73. The molecule has 0 spiro atoms. The third kappa shape index (κ3) is 4.71. The van der Waals surface area contributed by atoms with E-state index in [1.165, 1.54) is 0 Å². The number of hydrogen-bond acceptors (Lipinski definition) is 5. The van der Waals surface area contributed by atoms with Crippen LogP contribution in [0.3, 0.4) is 0 Å². The lowest BCUT2D eigenvalue weighted by Gasteiger charge is -2.43. The first-order valence-corrected chi connectivity index (χ1v) is 14.6. The molecular formula is C29H21F8NO6S. The maximum Gasteiger partial charge on any atom is 0.435 e. The van der Waals surface area contributed by atoms with E-state index in [2.05, 4.69) is 0 Å². The van der Waals surface area contributed by atoms with Crippen molar-refractivity contribution in [2.45, 2.75) is 53.0 Å². The predicted molar refractivity (Wildman–Crippen MR) is 139 cm³/mol. The van der Waals surface area contributed by atoms with Gasteiger partial charge in [-0.25, -0.2) is 22.0 Å². The molecule has 1 aliphatic heterocycles. The second-order valence-electron chi connectivity index (χ2n) is 10.7. The minimum Gasteiger partial charge on any atom is -0.507 e. The molecule has 0 saturated carbocycles. The Morgan fingerprint density at radius 1 is 0.889 bits per heavy atom. The van der Waals surface area contributed by atoms with Crippen molar-refractivity contribution in [1.82, 2.24) is 4.90 Å². The maximum absolute atomic E-state index is 15.0. The van der Waals surface area contributed by atoms with Crippen molar-refractivity contribution in [2.24, 2.45) is 0 Å². The van der Waals surface area contributed by atoms with Gasteiger partial charge in [0.05, 0.1) is 10.9 Å². The molecule has 2 N–H and O–H groups in total. The number of carbonyl (C=O) groups excluding carboxylic acids is 1. The molecule has 0 radical (unpaired) electrons. The molecule has 3 aromatic carbocycles. The van der Waals surface area contributed by atoms with Crippen LogP contribution in [0.2, 0.25) is 0 Å². The zero-order chi connectivity index (χ0) is 33.3. The first-order chi connectivity index (χ1) is 20.8. The Morgan fingerprint density at radius 2 is 1.51 bits per heavy atom. The van der Waals surface area contributed by atoms with Gasteiger partial charge in [0.2, 0.25) is 0 Å². The van der Waals surface area contributed by atoms with Crippen LogP contribution in [-0.2, 0) is 26.7 Å². The largest absolute Gasteiger partial charge is 0.507 e. The Labute approximate surface area is 249 Å². The minimum absolute atomic E-state index is 0.216. The minimum atomic E-state index is -6.41. The van der Waals surface area contributed by atoms with Crippen molar-refractivity contribution in [3.8, 4) is 5.75 Å². The summed E-state index contributed by atoms with van der Waals surface area (Å²) in [7, 11) is -4.71. The summed E-state index contributed by atoms with van der Waals surface area (Å²) in [6.07, 6.45) is -13.9. The zero-order valence-electron chi connectivity index (χ0n) is 22.6. The highest BCUT2D eigenvalue weighted by molar-refractivity contribution is 7.92. The van der Waals surface area contributed by atoms with E-state index in [1.54, 1.807) is 0 Å². The highest BCUT2D eigenvalue weighted by Crippen LogP contribution is 2.56. The highest BCUT2D eigenvalue weighted by atomic mass is 32.2. The molecule has 45 heavy (non-hydrogen) atoms. The van der Waals surface area contributed by atoms with E-state index in [0.717, 1.165) is 47.4 Å². The van der Waals surface area contributed by atoms with Crippen LogP contribution < -0.4 is 0 Å². The monoisotopic (exact) mass is 663 g/mol. The van der Waals surface area contributed by atoms with E-state index in [9.17, 15) is 63.3 Å². The first kappa shape index (κ1) is 32.2. The van der Waals surface area contributed by atoms with Crippen LogP contribution in [-0.4, -0.2) is 60.3 Å². The summed E-state index contributed by atoms with van der Waals surface area (Å²) in [5.74, 6) is -3.89. The molecule has 1 saturated heterocycles. The van der Waals surface area contributed by atoms with Gasteiger partial charge in [0.25, 0.3) is 5.91 Å². The topological polar surface area (TPSA) is 112 Å². The summed E-state index contributed by atoms with van der Waals surface area (Å²) in [6.45, 7) is -0.313. The summed E-state index contributed by atoms with van der Waals surface area (Å²) in [5, 5.41) is 19.2. The van der Waals surface area contributed by atoms with E-state index in [0.29, 0.717) is 12.1 Å². The number of carboxylic acid groups (broad SMARTS) is 1. The molecule has 2 atom stereocenters. The molecule has 0 unspecified atom stereocenters. The lowest BCUT2D eigenvalue weighted by atomic mass is 9.76. The van der Waals surface area contributed by atoms with Crippen molar-refractivity contribution in [1.29, 1.82) is 0 Å². The van der Waals surface area contributed by atoms with Gasteiger partial charge in [-0.2, -0.15) is 26.3 Å². The van der Waals surface area contributed by atoms with Gasteiger partial charge in [0.15, 0.2) is 9.84 Å². The van der Waals surface area contributed by atoms with Gasteiger partial charge in [-0.05, 0) is 72.9 Å². The van der Waals surface area contributed by atoms with Gasteiger partial charge in [-0.15, -0.1) is 0 Å². The smallest absolute Gasteiger partial charge is 0.435 e. The zero-order valence-corrected chi connectivity index (χ0v) is 23.4. The Balaban J connectivity index is 1.70. The van der Waals surface area contributed by atoms with Crippen LogP contribution in [0, 0.1) is 5.82 Å². The fraction of sp³-hybridized carbons (Fsp3) is 0.310. The number of likely N-dealkylation sites (tertiary alicyclic amines) is 1. The number of hydrogen-bond donors (Lipinski definition) is 2. The average molecular weight is 664 g/mol. The number of phenols is 1. The van der Waals surface area contributed by atoms with Crippen molar-refractivity contribution >= 4 is 21.7 Å². The number of rotatable bonds is 5. The summed E-state index contributed by atoms with van der Waals surface area (Å²) in [5.41, 5.74) is -9.03. The number of nitrogens with zero attached hydrogens (tertiary/aromatic N) is 1. The second-order valence-corrected chi connectivity index (χ2v) is 12.9. The van der Waals surface area contributed by atoms with Crippen molar-refractivity contribution < 1.29 is 63.3 Å². The van der Waals surface area contributed by atoms with E-state index in [-0.39, 0.29) is 42.1 Å². The van der Waals surface area contributed by atoms with Gasteiger partial charge in [-0.3, -0.25) is 4.79 Å². The van der Waals surface area contributed by atoms with E-state index < -0.39 is 84.5 Å². The SMILES string of the molecule is O=C(O)c1cc(C(=O)N2CC[C@@]3(S(=O)(=O)c4ccc(F)cc4)c4ccc(C(F)(C(F)(F)F)C(F)(F)F)cc4CC[C@@H]23)ccc1O. The molecular weight excluding hydrogens is 642 g/mol. The fourth-order valence-electron chi connectivity index (χ4n) is 6.30. The summed E-state index contributed by atoms with van der Waals surface area (Å²) in [6, 6.07) is 6.34. The molecule has 1 amide bonds. The summed E-state index contributed by atoms with van der Waals surface area (Å²) in [4.78, 5) is 25.8. The molecule has 16 heteroatoms. The van der Waals surface area contributed by atoms with Crippen LogP contribution in [0.15, 0.2) is 65.6 Å². The summed E-state index contributed by atoms with van der Waals surface area (Å²) < 4.78 is 136. The van der Waals surface area contributed by atoms with Gasteiger partial charge in [-0.1, -0.05) is 18.2 Å². The number of benzene rings is 3. The molecule has 0 aromatic heterocycles. The average Bonchev–Trinajstić information content (AvgIpc) is 3.37. The molecule has 1 fully saturated rings. The van der Waals surface area contributed by atoms with Crippen LogP contribution >= 0.6 is 0 Å². The maximum atomic E-state index is 15.0. The van der Waals surface area contributed by atoms with Gasteiger partial charge < -0.3 is 15.1 Å². The number of halogens is 8. The molecule has 3 aromatic rings. The number of carboxylic acids is 1. The Morgan fingerprint density at radius 3 is 2.09 bits per heavy atom. The van der Waals surface area contributed by atoms with Crippen LogP contribution in [0.25, 0.3) is 0 Å². The third-order valence-electron chi connectivity index (χ3n) is 8.40. The Kier molecular flexibility index (Phi) is 7.46. The number of aromatic carboxylic acids is 1. The number of sulfone groups is 1. The number of amides is 1. The second kappa shape index (κ2) is 10.4. The lowest BCUT2D eigenvalue weighted by molar-refractivity contribution is -0.348. The fourth-order valence-corrected chi connectivity index (χ4v) is 8.67. The van der Waals surface area contributed by atoms with Crippen molar-refractivity contribution in [2.75, 3.05) is 6.54 Å². The standard InChI is InChI=1S/C29H21F8NO6S/c30-18-4-6-19(7-5-18)45(43,44)26-11-12-38(24(40)16-1-9-22(39)20(14-16)25(41)42)23(26)10-2-15-13-17(3-8-21(15)26)27(31,28(32,33)34)29(35,36)37/h1,3-9,13-14,23,39H,2,10-12H2,(H,41,42)/t23-,26-/m1/s1. The summed E-state index contributed by atoms with van der Waals surface area (Å²) >= 11 is 0.